The number of nitrogens with one attached hydrogen (secondary N) is 1. The van der Waals surface area contributed by atoms with Gasteiger partial charge in [0.05, 0.1) is 17.7 Å². The summed E-state index contributed by atoms with van der Waals surface area (Å²) in [6.45, 7) is 1.83. The molecule has 0 spiro atoms. The Morgan fingerprint density at radius 2 is 1.65 bits per heavy atom. The zero-order valence-corrected chi connectivity index (χ0v) is 21.2. The molecule has 0 saturated heterocycles. The van der Waals surface area contributed by atoms with Crippen molar-refractivity contribution in [3.05, 3.63) is 111 Å². The molecule has 0 fully saturated rings. The second kappa shape index (κ2) is 10.4. The van der Waals surface area contributed by atoms with Crippen LogP contribution in [0, 0.1) is 0 Å². The van der Waals surface area contributed by atoms with Gasteiger partial charge in [-0.3, -0.25) is 9.59 Å². The Morgan fingerprint density at radius 3 is 2.32 bits per heavy atom. The van der Waals surface area contributed by atoms with Gasteiger partial charge in [0.1, 0.15) is 5.00 Å². The number of carbonyl (C=O) groups excluding carboxylic acids is 2. The molecule has 0 atom stereocenters. The average Bonchev–Trinajstić information content (AvgIpc) is 3.34. The van der Waals surface area contributed by atoms with Crippen LogP contribution in [0.1, 0.15) is 27.8 Å². The van der Waals surface area contributed by atoms with E-state index < -0.39 is 11.5 Å². The number of nitrogens with zero attached hydrogens (tertiary/aromatic N) is 2. The molecule has 0 saturated carbocycles. The highest BCUT2D eigenvalue weighted by Gasteiger charge is 2.23. The average molecular weight is 530 g/mol. The SMILES string of the molecule is CCOC(=O)c1nn(-c2ccc(Cl)cc2)c(=O)c2c(NC(=O)c3ccc(-c4ccccc4)cc3)scc12. The lowest BCUT2D eigenvalue weighted by Crippen LogP contribution is -2.25. The molecule has 0 aliphatic heterocycles. The van der Waals surface area contributed by atoms with Crippen LogP contribution in [0.25, 0.3) is 27.6 Å². The third kappa shape index (κ3) is 4.89. The number of hydrogen-bond donors (Lipinski definition) is 1. The monoisotopic (exact) mass is 529 g/mol. The van der Waals surface area contributed by atoms with Crippen LogP contribution in [-0.4, -0.2) is 28.3 Å². The lowest BCUT2D eigenvalue weighted by molar-refractivity contribution is 0.0520. The number of halogens is 1. The minimum Gasteiger partial charge on any atom is -0.461 e. The molecule has 2 heterocycles. The van der Waals surface area contributed by atoms with Gasteiger partial charge in [-0.05, 0) is 54.4 Å². The molecule has 0 bridgehead atoms. The first-order valence-corrected chi connectivity index (χ1v) is 12.7. The van der Waals surface area contributed by atoms with E-state index in [-0.39, 0.29) is 23.6 Å². The van der Waals surface area contributed by atoms with Crippen molar-refractivity contribution < 1.29 is 14.3 Å². The van der Waals surface area contributed by atoms with Crippen LogP contribution in [0.4, 0.5) is 5.00 Å². The number of amides is 1. The summed E-state index contributed by atoms with van der Waals surface area (Å²) < 4.78 is 6.29. The number of benzene rings is 3. The Balaban J connectivity index is 1.54. The van der Waals surface area contributed by atoms with Crippen LogP contribution in [0.15, 0.2) is 89.0 Å². The molecule has 0 radical (unpaired) electrons. The van der Waals surface area contributed by atoms with Gasteiger partial charge in [0.25, 0.3) is 11.5 Å². The first-order chi connectivity index (χ1) is 18.0. The summed E-state index contributed by atoms with van der Waals surface area (Å²) in [6, 6.07) is 23.5. The van der Waals surface area contributed by atoms with Crippen LogP contribution in [0.5, 0.6) is 0 Å². The lowest BCUT2D eigenvalue weighted by atomic mass is 10.0. The molecule has 184 valence electrons. The minimum absolute atomic E-state index is 0.0182. The highest BCUT2D eigenvalue weighted by Crippen LogP contribution is 2.31. The molecule has 1 amide bonds. The number of thiophene rings is 1. The number of anilines is 1. The number of carbonyl (C=O) groups is 2. The van der Waals surface area contributed by atoms with E-state index in [0.29, 0.717) is 26.7 Å². The van der Waals surface area contributed by atoms with E-state index in [9.17, 15) is 14.4 Å². The van der Waals surface area contributed by atoms with Crippen molar-refractivity contribution in [2.24, 2.45) is 0 Å². The van der Waals surface area contributed by atoms with Crippen molar-refractivity contribution in [1.29, 1.82) is 0 Å². The summed E-state index contributed by atoms with van der Waals surface area (Å²) >= 11 is 7.14. The molecule has 5 rings (SSSR count). The fourth-order valence-corrected chi connectivity index (χ4v) is 4.93. The Morgan fingerprint density at radius 1 is 0.973 bits per heavy atom. The summed E-state index contributed by atoms with van der Waals surface area (Å²) in [4.78, 5) is 39.3. The molecule has 1 N–H and O–H groups in total. The van der Waals surface area contributed by atoms with Gasteiger partial charge in [-0.15, -0.1) is 11.3 Å². The van der Waals surface area contributed by atoms with Crippen LogP contribution >= 0.6 is 22.9 Å². The first kappa shape index (κ1) is 24.4. The van der Waals surface area contributed by atoms with E-state index in [1.165, 1.54) is 0 Å². The minimum atomic E-state index is -0.664. The number of esters is 1. The van der Waals surface area contributed by atoms with Gasteiger partial charge in [0.15, 0.2) is 5.69 Å². The molecule has 2 aromatic heterocycles. The second-order valence-electron chi connectivity index (χ2n) is 8.01. The van der Waals surface area contributed by atoms with Crippen molar-refractivity contribution in [2.75, 3.05) is 11.9 Å². The van der Waals surface area contributed by atoms with Crippen LogP contribution in [0.2, 0.25) is 5.02 Å². The molecule has 9 heteroatoms. The highest BCUT2D eigenvalue weighted by atomic mass is 35.5. The van der Waals surface area contributed by atoms with E-state index in [1.807, 2.05) is 42.5 Å². The summed E-state index contributed by atoms with van der Waals surface area (Å²) in [5.41, 5.74) is 2.37. The molecule has 0 unspecified atom stereocenters. The molecule has 0 aliphatic rings. The van der Waals surface area contributed by atoms with Crippen molar-refractivity contribution in [2.45, 2.75) is 6.92 Å². The fraction of sp³-hybridized carbons (Fsp3) is 0.0714. The number of ether oxygens (including phenoxy) is 1. The lowest BCUT2D eigenvalue weighted by Gasteiger charge is -2.10. The van der Waals surface area contributed by atoms with Crippen LogP contribution < -0.4 is 10.9 Å². The Kier molecular flexibility index (Phi) is 6.85. The molecule has 37 heavy (non-hydrogen) atoms. The van der Waals surface area contributed by atoms with Gasteiger partial charge in [0, 0.05) is 21.4 Å². The van der Waals surface area contributed by atoms with E-state index in [0.717, 1.165) is 27.1 Å². The van der Waals surface area contributed by atoms with Crippen molar-refractivity contribution in [1.82, 2.24) is 9.78 Å². The number of aromatic nitrogens is 2. The highest BCUT2D eigenvalue weighted by molar-refractivity contribution is 7.16. The van der Waals surface area contributed by atoms with E-state index in [4.69, 9.17) is 16.3 Å². The first-order valence-electron chi connectivity index (χ1n) is 11.4. The molecule has 3 aromatic carbocycles. The number of rotatable bonds is 6. The van der Waals surface area contributed by atoms with E-state index in [2.05, 4.69) is 10.4 Å². The predicted octanol–water partition coefficient (Wildman–Crippen LogP) is 6.20. The predicted molar refractivity (Wildman–Crippen MR) is 146 cm³/mol. The molecular weight excluding hydrogens is 510 g/mol. The third-order valence-corrected chi connectivity index (χ3v) is 6.82. The number of hydrogen-bond acceptors (Lipinski definition) is 6. The third-order valence-electron chi connectivity index (χ3n) is 5.67. The van der Waals surface area contributed by atoms with Crippen molar-refractivity contribution in [3.63, 3.8) is 0 Å². The van der Waals surface area contributed by atoms with Gasteiger partial charge in [0.2, 0.25) is 0 Å². The molecular formula is C28H20ClN3O4S. The van der Waals surface area contributed by atoms with Crippen LogP contribution in [-0.2, 0) is 4.74 Å². The van der Waals surface area contributed by atoms with Gasteiger partial charge >= 0.3 is 5.97 Å². The zero-order chi connectivity index (χ0) is 25.9. The topological polar surface area (TPSA) is 90.3 Å². The molecule has 0 aliphatic carbocycles. The Hall–Kier alpha value is -4.27. The smallest absolute Gasteiger partial charge is 0.359 e. The van der Waals surface area contributed by atoms with Crippen molar-refractivity contribution >= 4 is 50.6 Å². The molecule has 7 nitrogen and oxygen atoms in total. The normalized spacial score (nSPS) is 10.9. The quantitative estimate of drug-likeness (QED) is 0.265. The van der Waals surface area contributed by atoms with Crippen LogP contribution in [0.3, 0.4) is 0 Å². The van der Waals surface area contributed by atoms with Gasteiger partial charge in [-0.25, -0.2) is 4.79 Å². The number of fused-ring (bicyclic) bond motifs is 1. The second-order valence-corrected chi connectivity index (χ2v) is 9.33. The summed E-state index contributed by atoms with van der Waals surface area (Å²) in [5, 5.41) is 10.0. The van der Waals surface area contributed by atoms with Gasteiger partial charge < -0.3 is 10.1 Å². The molecule has 5 aromatic rings. The standard InChI is InChI=1S/C28H20ClN3O4S/c1-2-36-28(35)24-22-16-37-26(23(22)27(34)32(31-24)21-14-12-20(29)13-15-21)30-25(33)19-10-8-18(9-11-19)17-6-4-3-5-7-17/h3-16H,2H2,1H3,(H,30,33). The van der Waals surface area contributed by atoms with Crippen molar-refractivity contribution in [3.8, 4) is 16.8 Å². The maximum atomic E-state index is 13.5. The zero-order valence-electron chi connectivity index (χ0n) is 19.6. The van der Waals surface area contributed by atoms with E-state index in [1.54, 1.807) is 48.7 Å². The summed E-state index contributed by atoms with van der Waals surface area (Å²) in [7, 11) is 0. The van der Waals surface area contributed by atoms with Gasteiger partial charge in [-0.1, -0.05) is 54.1 Å². The summed E-state index contributed by atoms with van der Waals surface area (Å²) in [5.74, 6) is -1.04. The maximum absolute atomic E-state index is 13.5. The Labute approximate surface area is 220 Å². The maximum Gasteiger partial charge on any atom is 0.359 e. The fourth-order valence-electron chi connectivity index (χ4n) is 3.87. The van der Waals surface area contributed by atoms with Gasteiger partial charge in [-0.2, -0.15) is 9.78 Å². The van der Waals surface area contributed by atoms with E-state index >= 15 is 0 Å². The Bertz CT molecular complexity index is 1660. The largest absolute Gasteiger partial charge is 0.461 e. The summed E-state index contributed by atoms with van der Waals surface area (Å²) in [6.07, 6.45) is 0.